The number of isothiocyanates is 2. The molecule has 0 amide bonds. The minimum absolute atomic E-state index is 0.0282. The van der Waals surface area contributed by atoms with Gasteiger partial charge in [0.15, 0.2) is 11.8 Å². The van der Waals surface area contributed by atoms with Crippen molar-refractivity contribution in [3.63, 3.8) is 0 Å². The topological polar surface area (TPSA) is 156 Å². The van der Waals surface area contributed by atoms with Gasteiger partial charge in [-0.1, -0.05) is 210 Å². The number of phosphoric ester groups is 1. The van der Waals surface area contributed by atoms with Gasteiger partial charge < -0.3 is 28.5 Å². The van der Waals surface area contributed by atoms with Gasteiger partial charge in [0.25, 0.3) is 7.82 Å². The minimum Gasteiger partial charge on any atom is -0.756 e. The summed E-state index contributed by atoms with van der Waals surface area (Å²) in [5.74, 6) is 4.46. The number of hydrogen-bond acceptors (Lipinski definition) is 23. The molecular formula is C44H90N2O9PS13-. The number of rotatable bonds is 30. The highest BCUT2D eigenvalue weighted by Gasteiger charge is 2.18. The molecule has 25 heteroatoms. The SMILES string of the molecule is CCC(SSC)C(C)C.CCOC(C)C(C)C.CSSC(CN=C=S)C(C)C.CSSC(COC(=O)OCN=C=S)C(C)C.CSSC(COP(=O)([O-])O)C(C)C.CSSC(CSC(C)=O)C(C)C. The van der Waals surface area contributed by atoms with Crippen LogP contribution in [-0.2, 0) is 28.1 Å². The molecule has 7 unspecified atom stereocenters. The Bertz CT molecular complexity index is 1310. The van der Waals surface area contributed by atoms with E-state index in [1.165, 1.54) is 18.2 Å². The molecule has 0 rings (SSSR count). The van der Waals surface area contributed by atoms with Crippen LogP contribution in [0.1, 0.15) is 117 Å². The summed E-state index contributed by atoms with van der Waals surface area (Å²) < 4.78 is 29.5. The molecule has 1 N–H and O–H groups in total. The summed E-state index contributed by atoms with van der Waals surface area (Å²) in [7, 11) is 13.1. The first kappa shape index (κ1) is 82.8. The number of carbonyl (C=O) groups excluding carboxylic acids is 2. The van der Waals surface area contributed by atoms with Crippen molar-refractivity contribution in [3.05, 3.63) is 0 Å². The van der Waals surface area contributed by atoms with Gasteiger partial charge in [0, 0.05) is 40.3 Å². The number of phosphoric acid groups is 1. The van der Waals surface area contributed by atoms with Crippen molar-refractivity contribution in [1.29, 1.82) is 0 Å². The first-order valence-electron chi connectivity index (χ1n) is 22.4. The van der Waals surface area contributed by atoms with Crippen LogP contribution in [0, 0.1) is 35.5 Å². The van der Waals surface area contributed by atoms with E-state index in [1.807, 2.05) is 76.5 Å². The van der Waals surface area contributed by atoms with Crippen molar-refractivity contribution in [2.45, 2.75) is 150 Å². The highest BCUT2D eigenvalue weighted by molar-refractivity contribution is 8.77. The molecular weight excluding hydrogens is 1150 g/mol. The molecule has 0 heterocycles. The van der Waals surface area contributed by atoms with Gasteiger partial charge in [-0.05, 0) is 111 Å². The average molecular weight is 1240 g/mol. The fourth-order valence-corrected chi connectivity index (χ4v) is 17.0. The molecule has 414 valence electrons. The van der Waals surface area contributed by atoms with Gasteiger partial charge in [0.05, 0.1) is 34.8 Å². The highest BCUT2D eigenvalue weighted by Crippen LogP contribution is 2.36. The van der Waals surface area contributed by atoms with Gasteiger partial charge in [-0.2, -0.15) is 4.99 Å². The molecule has 0 spiro atoms. The van der Waals surface area contributed by atoms with Crippen molar-refractivity contribution in [2.24, 2.45) is 45.5 Å². The molecule has 0 aromatic heterocycles. The standard InChI is InChI=1S/C9H15NO3S3.C8H16OS3.C7H13NS3.C7H16O.C7H16S2.C6H15O4PS2/c1-7(2)8(16-15-3)4-12-9(11)13-5-10-6-14;1-6(2)8(12-10-4)5-11-7(3)9;1-6(2)7(11-10-3)4-8-5-9;1-5-8-7(4)6(2)3;1-5-7(6(2)3)9-8-4;1-5(2)6(13-12-3)4-10-11(7,8)9/h7-8H,4-5H2,1-3H3;6,8H,5H2,1-4H3;6-7H,4H2,1-3H3;6-7H,5H2,1-4H3;6-7H,5H2,1-4H3;5-6H,4H2,1-3H3,(H2,7,8,9)/p-1. The number of thioether (sulfide) groups is 1. The summed E-state index contributed by atoms with van der Waals surface area (Å²) in [6.07, 6.45) is 11.2. The number of nitrogens with zero attached hydrogens (tertiary/aromatic N) is 2. The normalized spacial score (nSPS) is 14.2. The minimum atomic E-state index is -4.56. The maximum absolute atomic E-state index is 11.1. The third-order valence-electron chi connectivity index (χ3n) is 8.45. The molecule has 0 saturated carbocycles. The predicted molar refractivity (Wildman–Crippen MR) is 336 cm³/mol. The van der Waals surface area contributed by atoms with Gasteiger partial charge in [-0.15, -0.1) is 0 Å². The molecule has 69 heavy (non-hydrogen) atoms. The van der Waals surface area contributed by atoms with E-state index in [4.69, 9.17) is 14.4 Å². The summed E-state index contributed by atoms with van der Waals surface area (Å²) >= 11 is 10.3. The Hall–Kier alpha value is 2.46. The molecule has 7 atom stereocenters. The van der Waals surface area contributed by atoms with E-state index in [9.17, 15) is 19.0 Å². The molecule has 0 aliphatic heterocycles. The zero-order valence-corrected chi connectivity index (χ0v) is 56.7. The van der Waals surface area contributed by atoms with E-state index in [2.05, 4.69) is 156 Å². The lowest BCUT2D eigenvalue weighted by molar-refractivity contribution is -0.219. The van der Waals surface area contributed by atoms with E-state index in [-0.39, 0.29) is 29.0 Å². The lowest BCUT2D eigenvalue weighted by atomic mass is 10.1. The Morgan fingerprint density at radius 1 is 0.609 bits per heavy atom. The van der Waals surface area contributed by atoms with Crippen LogP contribution < -0.4 is 4.89 Å². The van der Waals surface area contributed by atoms with Crippen LogP contribution in [0.25, 0.3) is 0 Å². The lowest BCUT2D eigenvalue weighted by Crippen LogP contribution is -2.21. The summed E-state index contributed by atoms with van der Waals surface area (Å²) in [4.78, 5) is 47.9. The van der Waals surface area contributed by atoms with Crippen molar-refractivity contribution in [2.75, 3.05) is 70.1 Å². The third kappa shape index (κ3) is 64.7. The number of aliphatic imine (C=N–C) groups is 2. The van der Waals surface area contributed by atoms with E-state index in [1.54, 1.807) is 71.7 Å². The van der Waals surface area contributed by atoms with Crippen molar-refractivity contribution < 1.29 is 42.7 Å². The van der Waals surface area contributed by atoms with Crippen molar-refractivity contribution in [3.8, 4) is 0 Å². The van der Waals surface area contributed by atoms with E-state index in [0.717, 1.165) is 30.1 Å². The maximum Gasteiger partial charge on any atom is 0.510 e. The van der Waals surface area contributed by atoms with Gasteiger partial charge in [0.2, 0.25) is 0 Å². The van der Waals surface area contributed by atoms with Crippen LogP contribution in [0.4, 0.5) is 4.79 Å². The maximum atomic E-state index is 11.1. The van der Waals surface area contributed by atoms with E-state index < -0.39 is 14.0 Å². The zero-order chi connectivity index (χ0) is 55.0. The van der Waals surface area contributed by atoms with E-state index in [0.29, 0.717) is 52.8 Å². The van der Waals surface area contributed by atoms with Crippen LogP contribution in [0.2, 0.25) is 0 Å². The monoisotopic (exact) mass is 1240 g/mol. The number of carbonyl (C=O) groups is 2. The number of ether oxygens (including phenoxy) is 3. The molecule has 0 radical (unpaired) electrons. The number of hydrogen-bond donors (Lipinski definition) is 1. The highest BCUT2D eigenvalue weighted by atomic mass is 33.1. The summed E-state index contributed by atoms with van der Waals surface area (Å²) in [5.41, 5.74) is 0. The zero-order valence-electron chi connectivity index (χ0n) is 45.2. The van der Waals surface area contributed by atoms with Crippen molar-refractivity contribution >= 4 is 174 Å². The van der Waals surface area contributed by atoms with Crippen LogP contribution in [-0.4, -0.2) is 129 Å². The fraction of sp³-hybridized carbons (Fsp3) is 0.909. The first-order chi connectivity index (χ1) is 32.2. The van der Waals surface area contributed by atoms with Crippen LogP contribution >= 0.6 is 152 Å². The van der Waals surface area contributed by atoms with Gasteiger partial charge in [-0.25, -0.2) is 9.79 Å². The summed E-state index contributed by atoms with van der Waals surface area (Å²) in [6.45, 7) is 35.7. The van der Waals surface area contributed by atoms with Crippen LogP contribution in [0.3, 0.4) is 0 Å². The average Bonchev–Trinajstić information content (AvgIpc) is 3.26. The Morgan fingerprint density at radius 2 is 1.00 bits per heavy atom. The third-order valence-corrected chi connectivity index (χ3v) is 22.8. The van der Waals surface area contributed by atoms with Crippen LogP contribution in [0.5, 0.6) is 0 Å². The predicted octanol–water partition coefficient (Wildman–Crippen LogP) is 16.7. The summed E-state index contributed by atoms with van der Waals surface area (Å²) in [5, 5.41) is 7.06. The second kappa shape index (κ2) is 58.1. The Labute approximate surface area is 476 Å². The molecule has 11 nitrogen and oxygen atoms in total. The Morgan fingerprint density at radius 3 is 1.30 bits per heavy atom. The molecule has 0 saturated heterocycles. The molecule has 0 fully saturated rings. The fourth-order valence-electron chi connectivity index (χ4n) is 3.87. The smallest absolute Gasteiger partial charge is 0.510 e. The second-order valence-electron chi connectivity index (χ2n) is 16.1. The lowest BCUT2D eigenvalue weighted by Gasteiger charge is -2.22. The summed E-state index contributed by atoms with van der Waals surface area (Å²) in [6, 6.07) is 0. The van der Waals surface area contributed by atoms with E-state index >= 15 is 0 Å². The molecule has 0 aliphatic carbocycles. The largest absolute Gasteiger partial charge is 0.756 e. The van der Waals surface area contributed by atoms with Crippen molar-refractivity contribution in [1.82, 2.24) is 0 Å². The van der Waals surface area contributed by atoms with Gasteiger partial charge in [-0.3, -0.25) is 9.36 Å². The first-order valence-corrected chi connectivity index (χ1v) is 38.9. The second-order valence-corrected chi connectivity index (χ2v) is 32.4. The van der Waals surface area contributed by atoms with Gasteiger partial charge >= 0.3 is 6.16 Å². The quantitative estimate of drug-likeness (QED) is 0.0238. The molecule has 0 aromatic carbocycles. The molecule has 0 bridgehead atoms. The number of thiocarbonyl (C=S) groups is 2. The molecule has 0 aliphatic rings. The van der Waals surface area contributed by atoms with Crippen LogP contribution in [0.15, 0.2) is 9.98 Å². The van der Waals surface area contributed by atoms with Gasteiger partial charge in [0.1, 0.15) is 6.61 Å². The Kier molecular flexibility index (Phi) is 69.8. The molecule has 0 aromatic rings. The Balaban J connectivity index is -0.000000175.